The summed E-state index contributed by atoms with van der Waals surface area (Å²) in [6.45, 7) is 4.51. The van der Waals surface area contributed by atoms with Crippen molar-refractivity contribution in [3.8, 4) is 11.6 Å². The lowest BCUT2D eigenvalue weighted by molar-refractivity contribution is -0.135. The van der Waals surface area contributed by atoms with E-state index in [1.807, 2.05) is 67.6 Å². The van der Waals surface area contributed by atoms with Gasteiger partial charge >= 0.3 is 0 Å². The average Bonchev–Trinajstić information content (AvgIpc) is 2.74. The number of hydrogen-bond acceptors (Lipinski definition) is 5. The molecule has 0 spiro atoms. The maximum atomic E-state index is 12.8. The molecule has 5 heteroatoms. The standard InChI is InChI=1S/C24H24N2O3/c1-16-13-20(28-3)11-9-18(16)15-25-22-12-10-17-14-21(27)24(2,29-23(17)26-22)19-7-5-4-6-8-19/h4-13H,14-15H2,1-3H3,(H,25,26)/t24-/m0/s1. The van der Waals surface area contributed by atoms with Gasteiger partial charge in [-0.25, -0.2) is 0 Å². The van der Waals surface area contributed by atoms with Crippen LogP contribution >= 0.6 is 0 Å². The van der Waals surface area contributed by atoms with Gasteiger partial charge in [0.1, 0.15) is 11.6 Å². The monoisotopic (exact) mass is 388 g/mol. The third-order valence-corrected chi connectivity index (χ3v) is 5.46. The Bertz CT molecular complexity index is 1050. The van der Waals surface area contributed by atoms with E-state index in [0.29, 0.717) is 24.7 Å². The molecule has 4 rings (SSSR count). The highest BCUT2D eigenvalue weighted by molar-refractivity contribution is 5.92. The van der Waals surface area contributed by atoms with Crippen LogP contribution in [0, 0.1) is 6.92 Å². The van der Waals surface area contributed by atoms with Gasteiger partial charge in [-0.05, 0) is 49.2 Å². The summed E-state index contributed by atoms with van der Waals surface area (Å²) in [7, 11) is 1.66. The van der Waals surface area contributed by atoms with Gasteiger partial charge in [0, 0.05) is 24.1 Å². The molecule has 148 valence electrons. The molecule has 5 nitrogen and oxygen atoms in total. The fourth-order valence-electron chi connectivity index (χ4n) is 3.54. The van der Waals surface area contributed by atoms with Crippen LogP contribution in [0.5, 0.6) is 11.6 Å². The number of nitrogens with one attached hydrogen (secondary N) is 1. The maximum absolute atomic E-state index is 12.8. The Morgan fingerprint density at radius 1 is 1.14 bits per heavy atom. The summed E-state index contributed by atoms with van der Waals surface area (Å²) >= 11 is 0. The number of methoxy groups -OCH3 is 1. The minimum absolute atomic E-state index is 0.0348. The zero-order valence-electron chi connectivity index (χ0n) is 16.9. The molecule has 0 saturated heterocycles. The van der Waals surface area contributed by atoms with E-state index in [2.05, 4.69) is 17.2 Å². The molecule has 1 aliphatic rings. The summed E-state index contributed by atoms with van der Waals surface area (Å²) in [6, 6.07) is 19.4. The van der Waals surface area contributed by atoms with E-state index >= 15 is 0 Å². The second-order valence-corrected chi connectivity index (χ2v) is 7.41. The largest absolute Gasteiger partial charge is 0.497 e. The normalized spacial score (nSPS) is 18.0. The van der Waals surface area contributed by atoms with E-state index in [9.17, 15) is 4.79 Å². The lowest BCUT2D eigenvalue weighted by Crippen LogP contribution is -2.43. The third-order valence-electron chi connectivity index (χ3n) is 5.46. The first-order chi connectivity index (χ1) is 14.0. The highest BCUT2D eigenvalue weighted by Crippen LogP contribution is 2.36. The average molecular weight is 388 g/mol. The van der Waals surface area contributed by atoms with E-state index in [1.54, 1.807) is 7.11 Å². The molecule has 0 radical (unpaired) electrons. The van der Waals surface area contributed by atoms with Crippen molar-refractivity contribution < 1.29 is 14.3 Å². The van der Waals surface area contributed by atoms with Crippen molar-refractivity contribution in [2.75, 3.05) is 12.4 Å². The Labute approximate surface area is 170 Å². The summed E-state index contributed by atoms with van der Waals surface area (Å²) in [5.74, 6) is 2.10. The van der Waals surface area contributed by atoms with Crippen molar-refractivity contribution in [3.05, 3.63) is 82.9 Å². The topological polar surface area (TPSA) is 60.4 Å². The summed E-state index contributed by atoms with van der Waals surface area (Å²) in [4.78, 5) is 17.4. The Kier molecular flexibility index (Phi) is 4.97. The number of anilines is 1. The summed E-state index contributed by atoms with van der Waals surface area (Å²) in [6.07, 6.45) is 0.311. The SMILES string of the molecule is COc1ccc(CNc2ccc3c(n2)O[C@@](C)(c2ccccc2)C(=O)C3)c(C)c1. The number of Topliss-reactive ketones (excluding diaryl/α,β-unsaturated/α-hetero) is 1. The van der Waals surface area contributed by atoms with Crippen LogP contribution in [0.1, 0.15) is 29.2 Å². The number of pyridine rings is 1. The second-order valence-electron chi connectivity index (χ2n) is 7.41. The summed E-state index contributed by atoms with van der Waals surface area (Å²) < 4.78 is 11.4. The van der Waals surface area contributed by atoms with Gasteiger partial charge in [0.2, 0.25) is 5.88 Å². The molecule has 1 aromatic heterocycles. The fourth-order valence-corrected chi connectivity index (χ4v) is 3.54. The fraction of sp³-hybridized carbons (Fsp3) is 0.250. The lowest BCUT2D eigenvalue weighted by atomic mass is 9.86. The Hall–Kier alpha value is -3.34. The first-order valence-corrected chi connectivity index (χ1v) is 9.65. The van der Waals surface area contributed by atoms with Crippen LogP contribution < -0.4 is 14.8 Å². The number of aryl methyl sites for hydroxylation is 1. The van der Waals surface area contributed by atoms with E-state index in [1.165, 1.54) is 0 Å². The minimum Gasteiger partial charge on any atom is -0.497 e. The number of hydrogen-bond donors (Lipinski definition) is 1. The first kappa shape index (κ1) is 19.0. The smallest absolute Gasteiger partial charge is 0.220 e. The Balaban J connectivity index is 1.55. The van der Waals surface area contributed by atoms with Crippen LogP contribution in [0.15, 0.2) is 60.7 Å². The first-order valence-electron chi connectivity index (χ1n) is 9.65. The quantitative estimate of drug-likeness (QED) is 0.701. The van der Waals surface area contributed by atoms with Crippen molar-refractivity contribution in [1.82, 2.24) is 4.98 Å². The number of ketones is 1. The number of ether oxygens (including phenoxy) is 2. The minimum atomic E-state index is -1.02. The van der Waals surface area contributed by atoms with Gasteiger partial charge in [-0.15, -0.1) is 0 Å². The highest BCUT2D eigenvalue weighted by atomic mass is 16.5. The molecule has 0 aliphatic carbocycles. The van der Waals surface area contributed by atoms with Crippen molar-refractivity contribution in [3.63, 3.8) is 0 Å². The molecule has 2 aromatic carbocycles. The van der Waals surface area contributed by atoms with Crippen LogP contribution in [-0.2, 0) is 23.4 Å². The predicted molar refractivity (Wildman–Crippen MR) is 112 cm³/mol. The second kappa shape index (κ2) is 7.59. The number of nitrogens with zero attached hydrogens (tertiary/aromatic N) is 1. The van der Waals surface area contributed by atoms with Gasteiger partial charge in [0.05, 0.1) is 7.11 Å². The molecule has 29 heavy (non-hydrogen) atoms. The van der Waals surface area contributed by atoms with Gasteiger partial charge in [-0.3, -0.25) is 4.79 Å². The van der Waals surface area contributed by atoms with Crippen molar-refractivity contribution in [2.45, 2.75) is 32.4 Å². The molecule has 0 unspecified atom stereocenters. The van der Waals surface area contributed by atoms with Crippen LogP contribution in [0.3, 0.4) is 0 Å². The molecule has 1 N–H and O–H groups in total. The van der Waals surface area contributed by atoms with E-state index in [-0.39, 0.29) is 5.78 Å². The van der Waals surface area contributed by atoms with Gasteiger partial charge in [-0.2, -0.15) is 4.98 Å². The van der Waals surface area contributed by atoms with Crippen LogP contribution in [0.25, 0.3) is 0 Å². The zero-order chi connectivity index (χ0) is 20.4. The lowest BCUT2D eigenvalue weighted by Gasteiger charge is -2.34. The molecule has 1 atom stereocenters. The van der Waals surface area contributed by atoms with Gasteiger partial charge in [-0.1, -0.05) is 36.4 Å². The predicted octanol–water partition coefficient (Wildman–Crippen LogP) is 4.43. The molecule has 2 heterocycles. The van der Waals surface area contributed by atoms with E-state index < -0.39 is 5.60 Å². The molecular formula is C24H24N2O3. The van der Waals surface area contributed by atoms with Gasteiger partial charge in [0.25, 0.3) is 0 Å². The number of carbonyl (C=O) groups is 1. The molecule has 0 fully saturated rings. The Morgan fingerprint density at radius 2 is 1.93 bits per heavy atom. The van der Waals surface area contributed by atoms with Crippen LogP contribution in [0.4, 0.5) is 5.82 Å². The number of aromatic nitrogens is 1. The number of benzene rings is 2. The van der Waals surface area contributed by atoms with Crippen molar-refractivity contribution >= 4 is 11.6 Å². The summed E-state index contributed by atoms with van der Waals surface area (Å²) in [5, 5.41) is 3.35. The molecule has 0 amide bonds. The van der Waals surface area contributed by atoms with Crippen molar-refractivity contribution in [1.29, 1.82) is 0 Å². The molecule has 0 saturated carbocycles. The molecule has 1 aliphatic heterocycles. The third kappa shape index (κ3) is 3.68. The Morgan fingerprint density at radius 3 is 2.66 bits per heavy atom. The number of rotatable bonds is 5. The number of fused-ring (bicyclic) bond motifs is 1. The van der Waals surface area contributed by atoms with Crippen LogP contribution in [0.2, 0.25) is 0 Å². The van der Waals surface area contributed by atoms with Gasteiger partial charge in [0.15, 0.2) is 11.4 Å². The maximum Gasteiger partial charge on any atom is 0.220 e. The summed E-state index contributed by atoms with van der Waals surface area (Å²) in [5.41, 5.74) is 2.94. The zero-order valence-corrected chi connectivity index (χ0v) is 16.9. The van der Waals surface area contributed by atoms with Gasteiger partial charge < -0.3 is 14.8 Å². The van der Waals surface area contributed by atoms with Crippen LogP contribution in [-0.4, -0.2) is 17.9 Å². The van der Waals surface area contributed by atoms with E-state index in [4.69, 9.17) is 9.47 Å². The molecular weight excluding hydrogens is 364 g/mol. The number of carbonyl (C=O) groups excluding carboxylic acids is 1. The highest BCUT2D eigenvalue weighted by Gasteiger charge is 2.42. The van der Waals surface area contributed by atoms with E-state index in [0.717, 1.165) is 28.0 Å². The molecule has 0 bridgehead atoms. The van der Waals surface area contributed by atoms with Crippen molar-refractivity contribution in [2.24, 2.45) is 0 Å². The molecule has 3 aromatic rings.